The Hall–Kier alpha value is -1.08. The smallest absolute Gasteiger partial charge is 0.00414 e. The Kier molecular flexibility index (Phi) is 5.43. The van der Waals surface area contributed by atoms with E-state index < -0.39 is 0 Å². The van der Waals surface area contributed by atoms with Gasteiger partial charge >= 0.3 is 0 Å². The summed E-state index contributed by atoms with van der Waals surface area (Å²) < 4.78 is 0. The molecular formula is C16H25N. The topological polar surface area (TPSA) is 3.24 Å². The molecule has 0 aliphatic carbocycles. The molecule has 0 unspecified atom stereocenters. The van der Waals surface area contributed by atoms with E-state index in [4.69, 9.17) is 0 Å². The molecule has 0 saturated heterocycles. The molecule has 0 aliphatic rings. The van der Waals surface area contributed by atoms with Crippen LogP contribution in [0, 0.1) is 0 Å². The van der Waals surface area contributed by atoms with Gasteiger partial charge in [-0.2, -0.15) is 0 Å². The van der Waals surface area contributed by atoms with Gasteiger partial charge < -0.3 is 0 Å². The molecule has 0 N–H and O–H groups in total. The van der Waals surface area contributed by atoms with E-state index in [0.29, 0.717) is 12.1 Å². The Morgan fingerprint density at radius 3 is 2.06 bits per heavy atom. The lowest BCUT2D eigenvalue weighted by molar-refractivity contribution is 0.179. The summed E-state index contributed by atoms with van der Waals surface area (Å²) in [4.78, 5) is 2.51. The Labute approximate surface area is 106 Å². The fraction of sp³-hybridized carbons (Fsp3) is 0.500. The number of hydrogen-bond donors (Lipinski definition) is 0. The van der Waals surface area contributed by atoms with Crippen molar-refractivity contribution in [2.75, 3.05) is 6.54 Å². The van der Waals surface area contributed by atoms with Gasteiger partial charge in [0.2, 0.25) is 0 Å². The van der Waals surface area contributed by atoms with Gasteiger partial charge in [0.25, 0.3) is 0 Å². The first-order valence-electron chi connectivity index (χ1n) is 6.51. The van der Waals surface area contributed by atoms with Gasteiger partial charge in [-0.25, -0.2) is 0 Å². The van der Waals surface area contributed by atoms with Crippen molar-refractivity contribution in [3.8, 4) is 0 Å². The summed E-state index contributed by atoms with van der Waals surface area (Å²) in [5, 5.41) is 0. The van der Waals surface area contributed by atoms with Crippen LogP contribution < -0.4 is 0 Å². The maximum absolute atomic E-state index is 4.19. The van der Waals surface area contributed by atoms with E-state index >= 15 is 0 Å². The standard InChI is InChI=1S/C16H25N/c1-13(2)17(14(3)4)12-11-15(5)16-9-7-6-8-10-16/h6-10,13-14H,5,11-12H2,1-4H3. The highest BCUT2D eigenvalue weighted by Crippen LogP contribution is 2.17. The molecule has 0 radical (unpaired) electrons. The Bertz CT molecular complexity index is 330. The van der Waals surface area contributed by atoms with Crippen LogP contribution in [0.25, 0.3) is 5.57 Å². The molecular weight excluding hydrogens is 206 g/mol. The van der Waals surface area contributed by atoms with Gasteiger partial charge in [-0.1, -0.05) is 36.9 Å². The minimum Gasteiger partial charge on any atom is -0.298 e. The molecule has 0 spiro atoms. The SMILES string of the molecule is C=C(CCN(C(C)C)C(C)C)c1ccccc1. The van der Waals surface area contributed by atoms with Crippen molar-refractivity contribution in [3.05, 3.63) is 42.5 Å². The molecule has 0 saturated carbocycles. The number of hydrogen-bond acceptors (Lipinski definition) is 1. The molecule has 0 heterocycles. The van der Waals surface area contributed by atoms with E-state index in [1.54, 1.807) is 0 Å². The monoisotopic (exact) mass is 231 g/mol. The predicted octanol–water partition coefficient (Wildman–Crippen LogP) is 4.21. The molecule has 0 fully saturated rings. The van der Waals surface area contributed by atoms with Gasteiger partial charge in [0.15, 0.2) is 0 Å². The van der Waals surface area contributed by atoms with Gasteiger partial charge in [0, 0.05) is 18.6 Å². The summed E-state index contributed by atoms with van der Waals surface area (Å²) in [6, 6.07) is 11.7. The van der Waals surface area contributed by atoms with Gasteiger partial charge in [0.1, 0.15) is 0 Å². The maximum Gasteiger partial charge on any atom is 0.00414 e. The third-order valence-electron chi connectivity index (χ3n) is 3.18. The summed E-state index contributed by atoms with van der Waals surface area (Å²) in [7, 11) is 0. The van der Waals surface area contributed by atoms with Gasteiger partial charge in [-0.05, 0) is 45.3 Å². The highest BCUT2D eigenvalue weighted by molar-refractivity contribution is 5.63. The van der Waals surface area contributed by atoms with Crippen molar-refractivity contribution in [3.63, 3.8) is 0 Å². The van der Waals surface area contributed by atoms with Gasteiger partial charge in [-0.3, -0.25) is 4.90 Å². The first-order chi connectivity index (χ1) is 8.02. The molecule has 0 aliphatic heterocycles. The second kappa shape index (κ2) is 6.61. The molecule has 1 aromatic rings. The zero-order valence-electron chi connectivity index (χ0n) is 11.6. The van der Waals surface area contributed by atoms with Gasteiger partial charge in [0.05, 0.1) is 0 Å². The zero-order chi connectivity index (χ0) is 12.8. The molecule has 1 rings (SSSR count). The quantitative estimate of drug-likeness (QED) is 0.709. The van der Waals surface area contributed by atoms with Crippen LogP contribution in [0.4, 0.5) is 0 Å². The second-order valence-electron chi connectivity index (χ2n) is 5.14. The lowest BCUT2D eigenvalue weighted by Gasteiger charge is -2.30. The molecule has 0 aromatic heterocycles. The first-order valence-corrected chi connectivity index (χ1v) is 6.51. The average Bonchev–Trinajstić information content (AvgIpc) is 2.29. The van der Waals surface area contributed by atoms with Crippen LogP contribution in [0.15, 0.2) is 36.9 Å². The molecule has 1 aromatic carbocycles. The normalized spacial score (nSPS) is 11.5. The van der Waals surface area contributed by atoms with E-state index in [-0.39, 0.29) is 0 Å². The minimum atomic E-state index is 0.596. The van der Waals surface area contributed by atoms with Crippen LogP contribution in [0.2, 0.25) is 0 Å². The molecule has 0 bridgehead atoms. The summed E-state index contributed by atoms with van der Waals surface area (Å²) >= 11 is 0. The Morgan fingerprint density at radius 1 is 1.06 bits per heavy atom. The molecule has 0 amide bonds. The van der Waals surface area contributed by atoms with Crippen molar-refractivity contribution in [1.29, 1.82) is 0 Å². The molecule has 1 nitrogen and oxygen atoms in total. The fourth-order valence-electron chi connectivity index (χ4n) is 2.19. The summed E-state index contributed by atoms with van der Waals surface area (Å²) in [6.45, 7) is 14.3. The highest BCUT2D eigenvalue weighted by atomic mass is 15.2. The summed E-state index contributed by atoms with van der Waals surface area (Å²) in [5.74, 6) is 0. The van der Waals surface area contributed by atoms with E-state index in [9.17, 15) is 0 Å². The van der Waals surface area contributed by atoms with E-state index in [1.807, 2.05) is 6.07 Å². The highest BCUT2D eigenvalue weighted by Gasteiger charge is 2.13. The third kappa shape index (κ3) is 4.35. The Morgan fingerprint density at radius 2 is 1.59 bits per heavy atom. The van der Waals surface area contributed by atoms with E-state index in [0.717, 1.165) is 13.0 Å². The molecule has 0 atom stereocenters. The summed E-state index contributed by atoms with van der Waals surface area (Å²) in [6.07, 6.45) is 1.04. The van der Waals surface area contributed by atoms with Crippen molar-refractivity contribution in [1.82, 2.24) is 4.90 Å². The van der Waals surface area contributed by atoms with Crippen LogP contribution in [-0.2, 0) is 0 Å². The van der Waals surface area contributed by atoms with Crippen molar-refractivity contribution in [2.24, 2.45) is 0 Å². The van der Waals surface area contributed by atoms with Crippen LogP contribution in [0.1, 0.15) is 39.7 Å². The van der Waals surface area contributed by atoms with E-state index in [2.05, 4.69) is 63.4 Å². The maximum atomic E-state index is 4.19. The molecule has 17 heavy (non-hydrogen) atoms. The number of rotatable bonds is 6. The van der Waals surface area contributed by atoms with Crippen molar-refractivity contribution < 1.29 is 0 Å². The fourth-order valence-corrected chi connectivity index (χ4v) is 2.19. The Balaban J connectivity index is 2.53. The van der Waals surface area contributed by atoms with Crippen LogP contribution in [0.3, 0.4) is 0 Å². The minimum absolute atomic E-state index is 0.596. The third-order valence-corrected chi connectivity index (χ3v) is 3.18. The number of nitrogens with zero attached hydrogens (tertiary/aromatic N) is 1. The predicted molar refractivity (Wildman–Crippen MR) is 77.1 cm³/mol. The zero-order valence-corrected chi connectivity index (χ0v) is 11.6. The van der Waals surface area contributed by atoms with Gasteiger partial charge in [-0.15, -0.1) is 0 Å². The lowest BCUT2D eigenvalue weighted by atomic mass is 10.0. The largest absolute Gasteiger partial charge is 0.298 e. The molecule has 1 heteroatoms. The van der Waals surface area contributed by atoms with Crippen LogP contribution in [0.5, 0.6) is 0 Å². The van der Waals surface area contributed by atoms with Crippen LogP contribution >= 0.6 is 0 Å². The average molecular weight is 231 g/mol. The van der Waals surface area contributed by atoms with Crippen LogP contribution in [-0.4, -0.2) is 23.5 Å². The number of benzene rings is 1. The van der Waals surface area contributed by atoms with Crippen molar-refractivity contribution >= 4 is 5.57 Å². The molecule has 94 valence electrons. The van der Waals surface area contributed by atoms with Crippen molar-refractivity contribution in [2.45, 2.75) is 46.2 Å². The van der Waals surface area contributed by atoms with E-state index in [1.165, 1.54) is 11.1 Å². The first kappa shape index (κ1) is 14.0. The summed E-state index contributed by atoms with van der Waals surface area (Å²) in [5.41, 5.74) is 2.50. The second-order valence-corrected chi connectivity index (χ2v) is 5.14. The lowest BCUT2D eigenvalue weighted by Crippen LogP contribution is -2.37.